The molecule has 4 bridgehead atoms. The van der Waals surface area contributed by atoms with E-state index in [1.165, 1.54) is 29.6 Å². The van der Waals surface area contributed by atoms with Gasteiger partial charge in [0.2, 0.25) is 15.9 Å². The van der Waals surface area contributed by atoms with E-state index >= 15 is 0 Å². The van der Waals surface area contributed by atoms with E-state index < -0.39 is 10.0 Å². The van der Waals surface area contributed by atoms with E-state index in [-0.39, 0.29) is 16.2 Å². The fourth-order valence-electron chi connectivity index (χ4n) is 7.95. The van der Waals surface area contributed by atoms with Gasteiger partial charge in [-0.1, -0.05) is 0 Å². The summed E-state index contributed by atoms with van der Waals surface area (Å²) >= 11 is 0. The van der Waals surface area contributed by atoms with Crippen molar-refractivity contribution in [2.24, 2.45) is 30.2 Å². The maximum Gasteiger partial charge on any atom is 0.270 e. The molecule has 2 amide bonds. The molecule has 1 aromatic rings. The predicted octanol–water partition coefficient (Wildman–Crippen LogP) is 2.31. The Morgan fingerprint density at radius 1 is 0.853 bits per heavy atom. The third-order valence-corrected chi connectivity index (χ3v) is 11.1. The van der Waals surface area contributed by atoms with E-state index in [2.05, 4.69) is 0 Å². The highest BCUT2D eigenvalue weighted by Crippen LogP contribution is 2.60. The van der Waals surface area contributed by atoms with Crippen molar-refractivity contribution in [2.75, 3.05) is 39.3 Å². The molecule has 0 radical (unpaired) electrons. The summed E-state index contributed by atoms with van der Waals surface area (Å²) in [4.78, 5) is 30.9. The van der Waals surface area contributed by atoms with Gasteiger partial charge in [0.05, 0.1) is 5.41 Å². The van der Waals surface area contributed by atoms with Crippen LogP contribution >= 0.6 is 0 Å². The van der Waals surface area contributed by atoms with Crippen molar-refractivity contribution in [3.8, 4) is 0 Å². The number of nitrogens with zero attached hydrogens (tertiary/aromatic N) is 4. The van der Waals surface area contributed by atoms with Crippen molar-refractivity contribution >= 4 is 21.8 Å². The van der Waals surface area contributed by atoms with Crippen molar-refractivity contribution in [2.45, 2.75) is 56.3 Å². The molecule has 4 aliphatic carbocycles. The molecule has 2 saturated heterocycles. The summed E-state index contributed by atoms with van der Waals surface area (Å²) in [6.45, 7) is 3.21. The minimum absolute atomic E-state index is 0.141. The zero-order chi connectivity index (χ0) is 23.7. The quantitative estimate of drug-likeness (QED) is 0.651. The fraction of sp³-hybridized carbons (Fsp3) is 0.760. The number of aryl methyl sites for hydroxylation is 1. The van der Waals surface area contributed by atoms with E-state index in [1.54, 1.807) is 22.7 Å². The first-order valence-corrected chi connectivity index (χ1v) is 14.4. The first-order valence-electron chi connectivity index (χ1n) is 13.0. The molecule has 0 aromatic carbocycles. The minimum atomic E-state index is -3.56. The molecule has 34 heavy (non-hydrogen) atoms. The highest BCUT2D eigenvalue weighted by atomic mass is 32.2. The fourth-order valence-corrected chi connectivity index (χ4v) is 9.54. The maximum absolute atomic E-state index is 13.6. The number of piperazine rings is 1. The van der Waals surface area contributed by atoms with Gasteiger partial charge in [0.15, 0.2) is 0 Å². The van der Waals surface area contributed by atoms with Gasteiger partial charge >= 0.3 is 0 Å². The molecule has 4 saturated carbocycles. The van der Waals surface area contributed by atoms with Crippen LogP contribution in [-0.4, -0.2) is 78.2 Å². The molecular weight excluding hydrogens is 452 g/mol. The summed E-state index contributed by atoms with van der Waals surface area (Å²) in [5.74, 6) is 2.38. The second-order valence-corrected chi connectivity index (χ2v) is 13.5. The Hall–Kier alpha value is -1.87. The highest BCUT2D eigenvalue weighted by Gasteiger charge is 2.55. The molecular formula is C25H36N4O4S. The van der Waals surface area contributed by atoms with Crippen molar-refractivity contribution in [3.63, 3.8) is 0 Å². The summed E-state index contributed by atoms with van der Waals surface area (Å²) in [7, 11) is -1.83. The van der Waals surface area contributed by atoms with E-state index in [9.17, 15) is 18.0 Å². The van der Waals surface area contributed by atoms with Crippen LogP contribution in [0.15, 0.2) is 17.2 Å². The van der Waals surface area contributed by atoms with Crippen LogP contribution in [0, 0.1) is 23.2 Å². The minimum Gasteiger partial charge on any atom is -0.345 e. The molecule has 9 heteroatoms. The lowest BCUT2D eigenvalue weighted by atomic mass is 9.49. The van der Waals surface area contributed by atoms with Crippen LogP contribution in [0.25, 0.3) is 0 Å². The molecule has 7 rings (SSSR count). The Balaban J connectivity index is 1.12. The molecule has 1 aromatic heterocycles. The molecule has 0 spiro atoms. The SMILES string of the molecule is Cn1cc(S(=O)(=O)N2CCCC2)cc1C(=O)N1CCN(C(=O)C23CC4CC(CC(C4)C2)C3)CC1. The number of rotatable bonds is 4. The smallest absolute Gasteiger partial charge is 0.270 e. The van der Waals surface area contributed by atoms with Crippen LogP contribution in [-0.2, 0) is 21.9 Å². The van der Waals surface area contributed by atoms with Gasteiger partial charge in [-0.3, -0.25) is 9.59 Å². The van der Waals surface area contributed by atoms with Crippen LogP contribution in [0.3, 0.4) is 0 Å². The van der Waals surface area contributed by atoms with E-state index in [0.717, 1.165) is 49.9 Å². The average molecular weight is 489 g/mol. The largest absolute Gasteiger partial charge is 0.345 e. The second kappa shape index (κ2) is 8.08. The Morgan fingerprint density at radius 2 is 1.38 bits per heavy atom. The zero-order valence-electron chi connectivity index (χ0n) is 20.1. The number of carbonyl (C=O) groups excluding carboxylic acids is 2. The summed E-state index contributed by atoms with van der Waals surface area (Å²) in [5, 5.41) is 0. The monoisotopic (exact) mass is 488 g/mol. The predicted molar refractivity (Wildman–Crippen MR) is 126 cm³/mol. The Bertz CT molecular complexity index is 1060. The molecule has 0 unspecified atom stereocenters. The Morgan fingerprint density at radius 3 is 1.94 bits per heavy atom. The van der Waals surface area contributed by atoms with Gasteiger partial charge in [-0.05, 0) is 75.2 Å². The van der Waals surface area contributed by atoms with Crippen molar-refractivity contribution in [1.82, 2.24) is 18.7 Å². The van der Waals surface area contributed by atoms with Crippen molar-refractivity contribution < 1.29 is 18.0 Å². The lowest BCUT2D eigenvalue weighted by molar-refractivity contribution is -0.159. The average Bonchev–Trinajstić information content (AvgIpc) is 3.48. The standard InChI is InChI=1S/C25H36N4O4S/c1-26-17-21(34(32,33)29-4-2-3-5-29)13-22(26)23(30)27-6-8-28(9-7-27)24(31)25-14-18-10-19(15-25)12-20(11-18)16-25/h13,17-20H,2-12,14-16H2,1H3. The van der Waals surface area contributed by atoms with E-state index in [4.69, 9.17) is 0 Å². The summed E-state index contributed by atoms with van der Waals surface area (Å²) in [5.41, 5.74) is 0.247. The van der Waals surface area contributed by atoms with Gasteiger partial charge in [-0.2, -0.15) is 4.31 Å². The maximum atomic E-state index is 13.6. The topological polar surface area (TPSA) is 82.9 Å². The Labute approximate surface area is 202 Å². The van der Waals surface area contributed by atoms with E-state index in [0.29, 0.717) is 50.9 Å². The second-order valence-electron chi connectivity index (χ2n) is 11.6. The van der Waals surface area contributed by atoms with E-state index in [1.807, 2.05) is 4.90 Å². The lowest BCUT2D eigenvalue weighted by Crippen LogP contribution is -2.58. The third kappa shape index (κ3) is 3.61. The molecule has 6 fully saturated rings. The molecule has 6 aliphatic rings. The van der Waals surface area contributed by atoms with Gasteiger partial charge in [-0.15, -0.1) is 0 Å². The zero-order valence-corrected chi connectivity index (χ0v) is 20.9. The molecule has 0 N–H and O–H groups in total. The van der Waals surface area contributed by atoms with Crippen molar-refractivity contribution in [3.05, 3.63) is 18.0 Å². The van der Waals surface area contributed by atoms with Crippen molar-refractivity contribution in [1.29, 1.82) is 0 Å². The Kier molecular flexibility index (Phi) is 5.37. The highest BCUT2D eigenvalue weighted by molar-refractivity contribution is 7.89. The van der Waals surface area contributed by atoms with Crippen LogP contribution in [0.4, 0.5) is 0 Å². The number of hydrogen-bond donors (Lipinski definition) is 0. The van der Waals surface area contributed by atoms with Gasteiger partial charge in [0.25, 0.3) is 5.91 Å². The molecule has 8 nitrogen and oxygen atoms in total. The number of sulfonamides is 1. The van der Waals surface area contributed by atoms with Crippen LogP contribution in [0.1, 0.15) is 61.9 Å². The third-order valence-electron chi connectivity index (χ3n) is 9.25. The number of amides is 2. The summed E-state index contributed by atoms with van der Waals surface area (Å²) in [6.07, 6.45) is 10.5. The van der Waals surface area contributed by atoms with Crippen LogP contribution in [0.5, 0.6) is 0 Å². The van der Waals surface area contributed by atoms with Crippen LogP contribution < -0.4 is 0 Å². The molecule has 0 atom stereocenters. The molecule has 186 valence electrons. The number of aromatic nitrogens is 1. The lowest BCUT2D eigenvalue weighted by Gasteiger charge is -2.57. The molecule has 2 aliphatic heterocycles. The summed E-state index contributed by atoms with van der Waals surface area (Å²) in [6, 6.07) is 1.52. The van der Waals surface area contributed by atoms with Gasteiger partial charge < -0.3 is 14.4 Å². The number of carbonyl (C=O) groups is 2. The molecule has 3 heterocycles. The first kappa shape index (κ1) is 22.6. The van der Waals surface area contributed by atoms with Gasteiger partial charge in [0.1, 0.15) is 10.6 Å². The van der Waals surface area contributed by atoms with Crippen LogP contribution in [0.2, 0.25) is 0 Å². The summed E-state index contributed by atoms with van der Waals surface area (Å²) < 4.78 is 29.0. The number of hydrogen-bond acceptors (Lipinski definition) is 4. The first-order chi connectivity index (χ1) is 16.2. The normalized spacial score (nSPS) is 33.6. The van der Waals surface area contributed by atoms with Gasteiger partial charge in [0, 0.05) is 52.5 Å². The van der Waals surface area contributed by atoms with Gasteiger partial charge in [-0.25, -0.2) is 8.42 Å².